The number of carbonyl (C=O) groups excluding carboxylic acids is 2. The lowest BCUT2D eigenvalue weighted by Gasteiger charge is -2.33. The monoisotopic (exact) mass is 432 g/mol. The van der Waals surface area contributed by atoms with Crippen molar-refractivity contribution in [2.45, 2.75) is 26.3 Å². The van der Waals surface area contributed by atoms with Gasteiger partial charge < -0.3 is 9.80 Å². The van der Waals surface area contributed by atoms with Crippen molar-refractivity contribution in [2.24, 2.45) is 0 Å². The Bertz CT molecular complexity index is 957. The molecule has 2 aliphatic rings. The summed E-state index contributed by atoms with van der Waals surface area (Å²) in [5, 5.41) is 0. The van der Waals surface area contributed by atoms with Crippen LogP contribution in [-0.4, -0.2) is 64.7 Å². The van der Waals surface area contributed by atoms with E-state index < -0.39 is 0 Å². The minimum Gasteiger partial charge on any atom is -0.338 e. The Hall–Kier alpha value is -3.25. The van der Waals surface area contributed by atoms with Crippen molar-refractivity contribution >= 4 is 11.8 Å². The molecular weight excluding hydrogens is 400 g/mol. The van der Waals surface area contributed by atoms with E-state index in [1.54, 1.807) is 24.2 Å². The molecule has 3 rings (SSSR count). The molecule has 0 unspecified atom stereocenters. The second-order valence-electron chi connectivity index (χ2n) is 8.11. The minimum atomic E-state index is -0.0752. The standard InChI is InChI=1S/C26H32N4O2/c1-4-6-14-28(3)26(32)22-12-13-23(27-17-22)19-30-24-11-9-8-10-21(16-24)18-29(15-7-5-2)20-25(30)31/h4-6,8-13,17H,2,7,14-16,18-20H2,1,3H3/b6-4-. The van der Waals surface area contributed by atoms with Crippen molar-refractivity contribution < 1.29 is 9.59 Å². The summed E-state index contributed by atoms with van der Waals surface area (Å²) in [7, 11) is 1.77. The average molecular weight is 433 g/mol. The van der Waals surface area contributed by atoms with E-state index in [4.69, 9.17) is 0 Å². The Morgan fingerprint density at radius 2 is 2.06 bits per heavy atom. The normalized spacial score (nSPS) is 16.8. The number of nitrogens with zero attached hydrogens (tertiary/aromatic N) is 4. The van der Waals surface area contributed by atoms with Gasteiger partial charge >= 0.3 is 0 Å². The lowest BCUT2D eigenvalue weighted by molar-refractivity contribution is -0.131. The van der Waals surface area contributed by atoms with Crippen LogP contribution in [0.15, 0.2) is 78.7 Å². The number of rotatable bonds is 8. The van der Waals surface area contributed by atoms with E-state index >= 15 is 0 Å². The molecule has 6 nitrogen and oxygen atoms in total. The summed E-state index contributed by atoms with van der Waals surface area (Å²) in [6, 6.07) is 3.62. The molecule has 0 N–H and O–H groups in total. The smallest absolute Gasteiger partial charge is 0.255 e. The molecule has 2 heterocycles. The lowest BCUT2D eigenvalue weighted by Crippen LogP contribution is -2.43. The summed E-state index contributed by atoms with van der Waals surface area (Å²) >= 11 is 0. The van der Waals surface area contributed by atoms with Crippen LogP contribution >= 0.6 is 0 Å². The predicted octanol–water partition coefficient (Wildman–Crippen LogP) is 3.72. The van der Waals surface area contributed by atoms with Gasteiger partial charge in [0.15, 0.2) is 0 Å². The molecule has 1 aliphatic carbocycles. The van der Waals surface area contributed by atoms with Crippen LogP contribution in [0.4, 0.5) is 0 Å². The molecular formula is C26H32N4O2. The Kier molecular flexibility index (Phi) is 8.34. The third kappa shape index (κ3) is 6.14. The van der Waals surface area contributed by atoms with E-state index in [-0.39, 0.29) is 11.8 Å². The molecule has 0 spiro atoms. The van der Waals surface area contributed by atoms with E-state index in [0.717, 1.165) is 37.3 Å². The number of carbonyl (C=O) groups is 2. The Morgan fingerprint density at radius 1 is 1.25 bits per heavy atom. The van der Waals surface area contributed by atoms with E-state index in [2.05, 4.69) is 22.5 Å². The maximum absolute atomic E-state index is 13.2. The first-order valence-corrected chi connectivity index (χ1v) is 11.0. The molecule has 1 aromatic rings. The Balaban J connectivity index is 1.77. The number of allylic oxidation sites excluding steroid dienone is 6. The van der Waals surface area contributed by atoms with Gasteiger partial charge in [-0.3, -0.25) is 19.5 Å². The van der Waals surface area contributed by atoms with Crippen LogP contribution in [-0.2, 0) is 11.3 Å². The Morgan fingerprint density at radius 3 is 2.78 bits per heavy atom. The number of fused-ring (bicyclic) bond motifs is 2. The molecule has 1 saturated heterocycles. The van der Waals surface area contributed by atoms with Gasteiger partial charge in [-0.05, 0) is 31.6 Å². The molecule has 0 atom stereocenters. The lowest BCUT2D eigenvalue weighted by atomic mass is 10.1. The van der Waals surface area contributed by atoms with Crippen molar-refractivity contribution in [3.8, 4) is 0 Å². The highest BCUT2D eigenvalue weighted by Crippen LogP contribution is 2.24. The molecule has 6 heteroatoms. The van der Waals surface area contributed by atoms with Gasteiger partial charge in [0.1, 0.15) is 0 Å². The van der Waals surface area contributed by atoms with Crippen LogP contribution in [0, 0.1) is 0 Å². The molecule has 168 valence electrons. The highest BCUT2D eigenvalue weighted by atomic mass is 16.2. The number of pyridine rings is 1. The van der Waals surface area contributed by atoms with Crippen molar-refractivity contribution in [3.63, 3.8) is 0 Å². The summed E-state index contributed by atoms with van der Waals surface area (Å²) < 4.78 is 0. The zero-order chi connectivity index (χ0) is 22.9. The molecule has 0 radical (unpaired) electrons. The van der Waals surface area contributed by atoms with Crippen molar-refractivity contribution in [1.29, 1.82) is 0 Å². The van der Waals surface area contributed by atoms with Crippen LogP contribution in [0.3, 0.4) is 0 Å². The van der Waals surface area contributed by atoms with Gasteiger partial charge in [-0.15, -0.1) is 6.58 Å². The van der Waals surface area contributed by atoms with E-state index in [0.29, 0.717) is 25.2 Å². The number of amides is 2. The summed E-state index contributed by atoms with van der Waals surface area (Å²) in [4.78, 5) is 35.9. The molecule has 2 amide bonds. The van der Waals surface area contributed by atoms with Gasteiger partial charge in [-0.2, -0.15) is 0 Å². The van der Waals surface area contributed by atoms with E-state index in [1.165, 1.54) is 5.57 Å². The molecule has 1 aliphatic heterocycles. The zero-order valence-corrected chi connectivity index (χ0v) is 19.0. The molecule has 0 aromatic carbocycles. The molecule has 1 aromatic heterocycles. The average Bonchev–Trinajstić information content (AvgIpc) is 3.04. The first kappa shape index (κ1) is 23.4. The van der Waals surface area contributed by atoms with Crippen molar-refractivity contribution in [2.75, 3.05) is 33.2 Å². The molecule has 2 bridgehead atoms. The third-order valence-electron chi connectivity index (χ3n) is 5.58. The maximum atomic E-state index is 13.2. The van der Waals surface area contributed by atoms with Gasteiger partial charge in [0, 0.05) is 45.0 Å². The van der Waals surface area contributed by atoms with Crippen molar-refractivity contribution in [1.82, 2.24) is 19.7 Å². The second-order valence-corrected chi connectivity index (χ2v) is 8.11. The van der Waals surface area contributed by atoms with Crippen LogP contribution in [0.25, 0.3) is 0 Å². The predicted molar refractivity (Wildman–Crippen MR) is 128 cm³/mol. The fourth-order valence-corrected chi connectivity index (χ4v) is 3.78. The summed E-state index contributed by atoms with van der Waals surface area (Å²) in [6.07, 6.45) is 17.1. The number of hydrogen-bond acceptors (Lipinski definition) is 4. The number of hydrogen-bond donors (Lipinski definition) is 0. The van der Waals surface area contributed by atoms with Crippen LogP contribution in [0.5, 0.6) is 0 Å². The van der Waals surface area contributed by atoms with E-state index in [1.807, 2.05) is 54.3 Å². The summed E-state index contributed by atoms with van der Waals surface area (Å²) in [5.74, 6) is -0.0172. The molecule has 1 fully saturated rings. The van der Waals surface area contributed by atoms with Crippen LogP contribution < -0.4 is 0 Å². The summed E-state index contributed by atoms with van der Waals surface area (Å²) in [5.41, 5.74) is 3.55. The highest BCUT2D eigenvalue weighted by molar-refractivity contribution is 5.93. The fraction of sp³-hybridized carbons (Fsp3) is 0.346. The maximum Gasteiger partial charge on any atom is 0.255 e. The highest BCUT2D eigenvalue weighted by Gasteiger charge is 2.26. The van der Waals surface area contributed by atoms with Crippen molar-refractivity contribution in [3.05, 3.63) is 90.0 Å². The molecule has 0 saturated carbocycles. The van der Waals surface area contributed by atoms with Gasteiger partial charge in [0.25, 0.3) is 5.91 Å². The minimum absolute atomic E-state index is 0.0581. The van der Waals surface area contributed by atoms with Crippen LogP contribution in [0.2, 0.25) is 0 Å². The Labute approximate surface area is 190 Å². The quantitative estimate of drug-likeness (QED) is 0.588. The summed E-state index contributed by atoms with van der Waals surface area (Å²) in [6.45, 7) is 8.61. The topological polar surface area (TPSA) is 56.8 Å². The van der Waals surface area contributed by atoms with Gasteiger partial charge in [0.05, 0.1) is 24.3 Å². The zero-order valence-electron chi connectivity index (χ0n) is 19.0. The molecule has 32 heavy (non-hydrogen) atoms. The first-order chi connectivity index (χ1) is 15.5. The SMILES string of the molecule is C=CCCN1CC(=O)N(Cc2ccc(C(=O)N(C)C/C=C\C)cn2)C2=CC=CC=C(C2)C1. The van der Waals surface area contributed by atoms with Crippen LogP contribution in [0.1, 0.15) is 35.8 Å². The fourth-order valence-electron chi connectivity index (χ4n) is 3.78. The number of aromatic nitrogens is 1. The van der Waals surface area contributed by atoms with Gasteiger partial charge in [0.2, 0.25) is 5.91 Å². The van der Waals surface area contributed by atoms with Gasteiger partial charge in [-0.25, -0.2) is 0 Å². The second kappa shape index (κ2) is 11.4. The largest absolute Gasteiger partial charge is 0.338 e. The van der Waals surface area contributed by atoms with Gasteiger partial charge in [-0.1, -0.05) is 42.0 Å². The number of likely N-dealkylation sites (N-methyl/N-ethyl adjacent to an activating group) is 1. The first-order valence-electron chi connectivity index (χ1n) is 11.0. The van der Waals surface area contributed by atoms with E-state index in [9.17, 15) is 9.59 Å². The third-order valence-corrected chi connectivity index (χ3v) is 5.58.